The van der Waals surface area contributed by atoms with E-state index in [9.17, 15) is 0 Å². The minimum Gasteiger partial charge on any atom is -0.341 e. The molecule has 8 aromatic rings. The Morgan fingerprint density at radius 3 is 1.59 bits per heavy atom. The maximum atomic E-state index is 3.18. The molecule has 0 radical (unpaired) electrons. The van der Waals surface area contributed by atoms with Gasteiger partial charge in [0.1, 0.15) is 0 Å². The lowest BCUT2D eigenvalue weighted by Crippen LogP contribution is -1.99. The van der Waals surface area contributed by atoms with Crippen LogP contribution in [0.1, 0.15) is 18.2 Å². The average Bonchev–Trinajstić information content (AvgIpc) is 3.66. The van der Waals surface area contributed by atoms with Crippen molar-refractivity contribution in [1.82, 2.24) is 13.7 Å². The average molecular weight is 524 g/mol. The van der Waals surface area contributed by atoms with Gasteiger partial charge in [0.25, 0.3) is 0 Å². The van der Waals surface area contributed by atoms with Crippen molar-refractivity contribution >= 4 is 66.7 Å². The van der Waals surface area contributed by atoms with Crippen LogP contribution in [0.25, 0.3) is 78.0 Å². The van der Waals surface area contributed by atoms with E-state index >= 15 is 0 Å². The van der Waals surface area contributed by atoms with Crippen LogP contribution in [0.2, 0.25) is 0 Å². The molecule has 9 rings (SSSR count). The van der Waals surface area contributed by atoms with Crippen LogP contribution in [0.3, 0.4) is 0 Å². The summed E-state index contributed by atoms with van der Waals surface area (Å²) in [7, 11) is 0. The third kappa shape index (κ3) is 2.99. The predicted molar refractivity (Wildman–Crippen MR) is 172 cm³/mol. The van der Waals surface area contributed by atoms with Crippen molar-refractivity contribution in [2.75, 3.05) is 0 Å². The van der Waals surface area contributed by atoms with Crippen LogP contribution in [-0.4, -0.2) is 13.7 Å². The third-order valence-electron chi connectivity index (χ3n) is 8.71. The maximum Gasteiger partial charge on any atom is 0.0631 e. The minimum atomic E-state index is 0.885. The summed E-state index contributed by atoms with van der Waals surface area (Å²) in [5.74, 6) is 0. The molecule has 3 heteroatoms. The topological polar surface area (TPSA) is 14.8 Å². The van der Waals surface area contributed by atoms with Crippen LogP contribution < -0.4 is 0 Å². The molecule has 0 atom stereocenters. The van der Waals surface area contributed by atoms with Crippen LogP contribution in [0.15, 0.2) is 121 Å². The molecule has 5 aromatic carbocycles. The van der Waals surface area contributed by atoms with Crippen molar-refractivity contribution < 1.29 is 0 Å². The van der Waals surface area contributed by atoms with E-state index in [0.29, 0.717) is 0 Å². The van der Waals surface area contributed by atoms with Gasteiger partial charge in [-0.15, -0.1) is 0 Å². The molecule has 0 N–H and O–H groups in total. The van der Waals surface area contributed by atoms with Crippen molar-refractivity contribution in [1.29, 1.82) is 0 Å². The van der Waals surface area contributed by atoms with Gasteiger partial charge in [0, 0.05) is 56.5 Å². The number of para-hydroxylation sites is 3. The second kappa shape index (κ2) is 8.27. The fraction of sp³-hybridized carbons (Fsp3) is 0.0526. The van der Waals surface area contributed by atoms with Gasteiger partial charge in [-0.1, -0.05) is 78.2 Å². The largest absolute Gasteiger partial charge is 0.341 e. The fourth-order valence-corrected chi connectivity index (χ4v) is 6.97. The zero-order valence-corrected chi connectivity index (χ0v) is 22.6. The first kappa shape index (κ1) is 22.4. The first-order valence-corrected chi connectivity index (χ1v) is 14.2. The molecule has 3 aromatic heterocycles. The number of hydrogen-bond donors (Lipinski definition) is 0. The van der Waals surface area contributed by atoms with E-state index in [2.05, 4.69) is 141 Å². The second-order valence-electron chi connectivity index (χ2n) is 10.7. The van der Waals surface area contributed by atoms with Crippen molar-refractivity contribution in [2.24, 2.45) is 0 Å². The summed E-state index contributed by atoms with van der Waals surface area (Å²) in [6.45, 7) is 3.12. The standard InChI is InChI=1S/C38H25N3/c1-2-39-37-23-25(40-33-15-7-3-11-27(33)28-12-4-8-16-34(28)40)19-21-31(37)32-22-20-26(24-38(32)39)41-35-17-9-5-13-29(35)30-14-6-10-18-36(30)41/h3-5,7-9,11-24H,2H2,1H3. The quantitative estimate of drug-likeness (QED) is 0.205. The number of aromatic nitrogens is 3. The smallest absolute Gasteiger partial charge is 0.0631 e. The van der Waals surface area contributed by atoms with Crippen LogP contribution in [-0.2, 0) is 6.54 Å². The Labute approximate surface area is 236 Å². The van der Waals surface area contributed by atoms with Gasteiger partial charge in [0.2, 0.25) is 0 Å². The number of rotatable bonds is 3. The highest BCUT2D eigenvalue weighted by Gasteiger charge is 2.19. The zero-order chi connectivity index (χ0) is 27.1. The highest BCUT2D eigenvalue weighted by molar-refractivity contribution is 6.11. The van der Waals surface area contributed by atoms with Gasteiger partial charge in [-0.25, -0.2) is 0 Å². The molecule has 0 saturated carbocycles. The SMILES string of the molecule is CCn1c2cc(-n3c4c(c5ccccc53)C=C=C=C4)ccc2c2ccc(-n3c4ccccc4c4ccccc43)cc21. The number of hydrogen-bond acceptors (Lipinski definition) is 0. The molecule has 0 amide bonds. The van der Waals surface area contributed by atoms with Crippen LogP contribution >= 0.6 is 0 Å². The molecule has 0 fully saturated rings. The molecule has 0 saturated heterocycles. The highest BCUT2D eigenvalue weighted by Crippen LogP contribution is 2.38. The number of benzene rings is 5. The van der Waals surface area contributed by atoms with Gasteiger partial charge < -0.3 is 13.7 Å². The number of aryl methyl sites for hydroxylation is 1. The van der Waals surface area contributed by atoms with Crippen molar-refractivity contribution in [2.45, 2.75) is 13.5 Å². The summed E-state index contributed by atoms with van der Waals surface area (Å²) in [4.78, 5) is 0. The van der Waals surface area contributed by atoms with Crippen LogP contribution in [0.4, 0.5) is 0 Å². The first-order valence-electron chi connectivity index (χ1n) is 14.2. The van der Waals surface area contributed by atoms with E-state index in [1.54, 1.807) is 0 Å². The Morgan fingerprint density at radius 1 is 0.488 bits per heavy atom. The number of fused-ring (bicyclic) bond motifs is 9. The monoisotopic (exact) mass is 523 g/mol. The van der Waals surface area contributed by atoms with E-state index in [-0.39, 0.29) is 0 Å². The molecule has 0 aliphatic heterocycles. The maximum absolute atomic E-state index is 3.18. The van der Waals surface area contributed by atoms with Gasteiger partial charge in [-0.3, -0.25) is 0 Å². The first-order chi connectivity index (χ1) is 20.3. The van der Waals surface area contributed by atoms with Gasteiger partial charge >= 0.3 is 0 Å². The lowest BCUT2D eigenvalue weighted by molar-refractivity contribution is 0.826. The molecule has 3 nitrogen and oxygen atoms in total. The summed E-state index contributed by atoms with van der Waals surface area (Å²) in [5.41, 5.74) is 17.2. The molecule has 1 aliphatic carbocycles. The molecular formula is C38H25N3. The Balaban J connectivity index is 1.30. The Hall–Kier alpha value is -5.46. The summed E-state index contributed by atoms with van der Waals surface area (Å²) in [5, 5.41) is 6.36. The number of nitrogens with zero attached hydrogens (tertiary/aromatic N) is 3. The van der Waals surface area contributed by atoms with Gasteiger partial charge in [-0.2, -0.15) is 0 Å². The van der Waals surface area contributed by atoms with E-state index < -0.39 is 0 Å². The summed E-state index contributed by atoms with van der Waals surface area (Å²) in [6.07, 6.45) is 4.10. The molecule has 3 heterocycles. The van der Waals surface area contributed by atoms with E-state index in [1.165, 1.54) is 65.8 Å². The van der Waals surface area contributed by atoms with Crippen molar-refractivity contribution in [3.63, 3.8) is 0 Å². The Kier molecular flexibility index (Phi) is 4.51. The van der Waals surface area contributed by atoms with Crippen molar-refractivity contribution in [3.05, 3.63) is 132 Å². The summed E-state index contributed by atoms with van der Waals surface area (Å²) < 4.78 is 7.22. The zero-order valence-electron chi connectivity index (χ0n) is 22.6. The summed E-state index contributed by atoms with van der Waals surface area (Å²) >= 11 is 0. The van der Waals surface area contributed by atoms with Crippen LogP contribution in [0, 0.1) is 0 Å². The lowest BCUT2D eigenvalue weighted by atomic mass is 10.1. The van der Waals surface area contributed by atoms with Gasteiger partial charge in [0.15, 0.2) is 0 Å². The van der Waals surface area contributed by atoms with E-state index in [1.807, 2.05) is 12.2 Å². The fourth-order valence-electron chi connectivity index (χ4n) is 6.97. The van der Waals surface area contributed by atoms with Gasteiger partial charge in [0.05, 0.1) is 33.3 Å². The Morgan fingerprint density at radius 2 is 0.976 bits per heavy atom. The molecule has 41 heavy (non-hydrogen) atoms. The van der Waals surface area contributed by atoms with Crippen molar-refractivity contribution in [3.8, 4) is 11.4 Å². The molecule has 1 aliphatic rings. The molecule has 0 spiro atoms. The molecular weight excluding hydrogens is 498 g/mol. The van der Waals surface area contributed by atoms with E-state index in [4.69, 9.17) is 0 Å². The summed E-state index contributed by atoms with van der Waals surface area (Å²) in [6, 6.07) is 39.9. The van der Waals surface area contributed by atoms with E-state index in [0.717, 1.165) is 17.9 Å². The molecule has 0 unspecified atom stereocenters. The third-order valence-corrected chi connectivity index (χ3v) is 8.71. The van der Waals surface area contributed by atoms with Gasteiger partial charge in [-0.05, 0) is 55.5 Å². The molecule has 0 bridgehead atoms. The lowest BCUT2D eigenvalue weighted by Gasteiger charge is -2.11. The minimum absolute atomic E-state index is 0.885. The normalized spacial score (nSPS) is 12.5. The predicted octanol–water partition coefficient (Wildman–Crippen LogP) is 9.65. The second-order valence-corrected chi connectivity index (χ2v) is 10.7. The Bertz CT molecular complexity index is 2430. The van der Waals surface area contributed by atoms with Crippen LogP contribution in [0.5, 0.6) is 0 Å². The molecule has 192 valence electrons. The highest BCUT2D eigenvalue weighted by atomic mass is 15.0.